The molecule has 0 bridgehead atoms. The molecule has 0 radical (unpaired) electrons. The van der Waals surface area contributed by atoms with Crippen LogP contribution in [0.4, 0.5) is 0 Å². The predicted octanol–water partition coefficient (Wildman–Crippen LogP) is 2.10. The summed E-state index contributed by atoms with van der Waals surface area (Å²) >= 11 is 3.43. The first-order chi connectivity index (χ1) is 7.84. The maximum absolute atomic E-state index is 4.40. The zero-order chi connectivity index (χ0) is 11.0. The molecule has 1 aliphatic rings. The number of halogens is 1. The van der Waals surface area contributed by atoms with Gasteiger partial charge in [-0.15, -0.1) is 0 Å². The summed E-state index contributed by atoms with van der Waals surface area (Å²) in [6.07, 6.45) is 4.84. The maximum Gasteiger partial charge on any atom is 0.142 e. The molecule has 0 amide bonds. The molecule has 2 N–H and O–H groups in total. The molecule has 2 aromatic rings. The normalized spacial score (nSPS) is 16.4. The van der Waals surface area contributed by atoms with E-state index in [4.69, 9.17) is 0 Å². The van der Waals surface area contributed by atoms with Crippen LogP contribution in [0, 0.1) is 0 Å². The van der Waals surface area contributed by atoms with E-state index >= 15 is 0 Å². The summed E-state index contributed by atoms with van der Waals surface area (Å²) < 4.78 is 0.943. The molecule has 3 heterocycles. The van der Waals surface area contributed by atoms with Gasteiger partial charge in [0, 0.05) is 11.9 Å². The SMILES string of the molecule is Brc1cc2c(C3=CCNCC3)ncnc2[nH]1. The summed E-state index contributed by atoms with van der Waals surface area (Å²) in [4.78, 5) is 11.8. The third-order valence-electron chi connectivity index (χ3n) is 2.76. The molecule has 0 aliphatic carbocycles. The van der Waals surface area contributed by atoms with Gasteiger partial charge in [0.15, 0.2) is 0 Å². The van der Waals surface area contributed by atoms with E-state index in [9.17, 15) is 0 Å². The fraction of sp³-hybridized carbons (Fsp3) is 0.273. The number of fused-ring (bicyclic) bond motifs is 1. The Bertz CT molecular complexity index is 558. The Kier molecular flexibility index (Phi) is 2.49. The number of nitrogens with zero attached hydrogens (tertiary/aromatic N) is 2. The molecule has 0 saturated carbocycles. The molecule has 0 fully saturated rings. The van der Waals surface area contributed by atoms with Crippen molar-refractivity contribution in [3.05, 3.63) is 28.8 Å². The van der Waals surface area contributed by atoms with Crippen LogP contribution in [0.3, 0.4) is 0 Å². The van der Waals surface area contributed by atoms with Gasteiger partial charge >= 0.3 is 0 Å². The molecule has 0 spiro atoms. The zero-order valence-corrected chi connectivity index (χ0v) is 10.2. The van der Waals surface area contributed by atoms with E-state index in [2.05, 4.69) is 42.3 Å². The van der Waals surface area contributed by atoms with Gasteiger partial charge in [-0.25, -0.2) is 9.97 Å². The van der Waals surface area contributed by atoms with Crippen LogP contribution in [0.15, 0.2) is 23.1 Å². The van der Waals surface area contributed by atoms with Crippen LogP contribution in [0.2, 0.25) is 0 Å². The van der Waals surface area contributed by atoms with E-state index < -0.39 is 0 Å². The van der Waals surface area contributed by atoms with E-state index in [-0.39, 0.29) is 0 Å². The van der Waals surface area contributed by atoms with Crippen LogP contribution >= 0.6 is 15.9 Å². The van der Waals surface area contributed by atoms with Crippen molar-refractivity contribution < 1.29 is 0 Å². The average molecular weight is 279 g/mol. The lowest BCUT2D eigenvalue weighted by Crippen LogP contribution is -2.20. The third kappa shape index (κ3) is 1.66. The molecule has 1 aliphatic heterocycles. The van der Waals surface area contributed by atoms with Gasteiger partial charge in [-0.05, 0) is 40.5 Å². The van der Waals surface area contributed by atoms with Gasteiger partial charge in [-0.1, -0.05) is 6.08 Å². The molecular formula is C11H11BrN4. The minimum Gasteiger partial charge on any atom is -0.334 e. The molecule has 5 heteroatoms. The number of rotatable bonds is 1. The van der Waals surface area contributed by atoms with Crippen molar-refractivity contribution in [1.82, 2.24) is 20.3 Å². The highest BCUT2D eigenvalue weighted by Crippen LogP contribution is 2.26. The largest absolute Gasteiger partial charge is 0.334 e. The Hall–Kier alpha value is -1.20. The van der Waals surface area contributed by atoms with Gasteiger partial charge < -0.3 is 10.3 Å². The van der Waals surface area contributed by atoms with Crippen molar-refractivity contribution in [2.24, 2.45) is 0 Å². The van der Waals surface area contributed by atoms with Crippen molar-refractivity contribution in [1.29, 1.82) is 0 Å². The fourth-order valence-electron chi connectivity index (χ4n) is 2.00. The summed E-state index contributed by atoms with van der Waals surface area (Å²) in [5.74, 6) is 0. The summed E-state index contributed by atoms with van der Waals surface area (Å²) in [5, 5.41) is 4.39. The molecule has 0 atom stereocenters. The second-order valence-corrected chi connectivity index (χ2v) is 4.64. The minimum absolute atomic E-state index is 0.885. The number of aromatic nitrogens is 3. The van der Waals surface area contributed by atoms with Gasteiger partial charge in [0.05, 0.1) is 10.3 Å². The van der Waals surface area contributed by atoms with E-state index in [1.54, 1.807) is 6.33 Å². The van der Waals surface area contributed by atoms with E-state index in [0.717, 1.165) is 40.8 Å². The lowest BCUT2D eigenvalue weighted by atomic mass is 10.0. The van der Waals surface area contributed by atoms with Crippen molar-refractivity contribution in [2.45, 2.75) is 6.42 Å². The van der Waals surface area contributed by atoms with Crippen LogP contribution in [-0.2, 0) is 0 Å². The standard InChI is InChI=1S/C11H11BrN4/c12-9-5-8-10(7-1-3-13-4-2-7)14-6-15-11(8)16-9/h1,5-6,13H,2-4H2,(H,14,15,16). The number of H-pyrrole nitrogens is 1. The van der Waals surface area contributed by atoms with Gasteiger partial charge in [0.25, 0.3) is 0 Å². The highest BCUT2D eigenvalue weighted by atomic mass is 79.9. The topological polar surface area (TPSA) is 53.6 Å². The van der Waals surface area contributed by atoms with Gasteiger partial charge in [0.1, 0.15) is 12.0 Å². The first-order valence-corrected chi connectivity index (χ1v) is 6.03. The van der Waals surface area contributed by atoms with E-state index in [1.807, 2.05) is 6.07 Å². The maximum atomic E-state index is 4.40. The zero-order valence-electron chi connectivity index (χ0n) is 8.63. The Balaban J connectivity index is 2.18. The molecule has 82 valence electrons. The second-order valence-electron chi connectivity index (χ2n) is 3.79. The smallest absolute Gasteiger partial charge is 0.142 e. The first-order valence-electron chi connectivity index (χ1n) is 5.24. The molecule has 0 aromatic carbocycles. The molecular weight excluding hydrogens is 268 g/mol. The highest BCUT2D eigenvalue weighted by Gasteiger charge is 2.12. The quantitative estimate of drug-likeness (QED) is 0.840. The number of hydrogen-bond acceptors (Lipinski definition) is 3. The van der Waals surface area contributed by atoms with Gasteiger partial charge in [-0.2, -0.15) is 0 Å². The predicted molar refractivity (Wildman–Crippen MR) is 67.1 cm³/mol. The first kappa shape index (κ1) is 9.99. The Labute approximate surface area is 101 Å². The second kappa shape index (κ2) is 3.99. The van der Waals surface area contributed by atoms with Crippen molar-refractivity contribution >= 4 is 32.5 Å². The van der Waals surface area contributed by atoms with E-state index in [0.29, 0.717) is 0 Å². The highest BCUT2D eigenvalue weighted by molar-refractivity contribution is 9.10. The number of nitrogens with one attached hydrogen (secondary N) is 2. The summed E-state index contributed by atoms with van der Waals surface area (Å²) in [7, 11) is 0. The summed E-state index contributed by atoms with van der Waals surface area (Å²) in [5.41, 5.74) is 3.24. The average Bonchev–Trinajstić information content (AvgIpc) is 2.70. The Morgan fingerprint density at radius 2 is 2.25 bits per heavy atom. The Morgan fingerprint density at radius 3 is 3.06 bits per heavy atom. The minimum atomic E-state index is 0.885. The van der Waals surface area contributed by atoms with E-state index in [1.165, 1.54) is 5.57 Å². The third-order valence-corrected chi connectivity index (χ3v) is 3.19. The van der Waals surface area contributed by atoms with Crippen LogP contribution in [0.1, 0.15) is 12.1 Å². The molecule has 2 aromatic heterocycles. The van der Waals surface area contributed by atoms with Gasteiger partial charge in [0.2, 0.25) is 0 Å². The number of aromatic amines is 1. The van der Waals surface area contributed by atoms with Crippen molar-refractivity contribution in [3.8, 4) is 0 Å². The van der Waals surface area contributed by atoms with Gasteiger partial charge in [-0.3, -0.25) is 0 Å². The summed E-state index contributed by atoms with van der Waals surface area (Å²) in [6, 6.07) is 2.04. The lowest BCUT2D eigenvalue weighted by Gasteiger charge is -2.13. The molecule has 0 unspecified atom stereocenters. The van der Waals surface area contributed by atoms with Crippen LogP contribution in [0.25, 0.3) is 16.6 Å². The Morgan fingerprint density at radius 1 is 1.31 bits per heavy atom. The van der Waals surface area contributed by atoms with Crippen LogP contribution in [0.5, 0.6) is 0 Å². The molecule has 0 saturated heterocycles. The molecule has 3 rings (SSSR count). The molecule has 4 nitrogen and oxygen atoms in total. The van der Waals surface area contributed by atoms with Crippen molar-refractivity contribution in [3.63, 3.8) is 0 Å². The lowest BCUT2D eigenvalue weighted by molar-refractivity contribution is 0.737. The van der Waals surface area contributed by atoms with Crippen LogP contribution < -0.4 is 5.32 Å². The monoisotopic (exact) mass is 278 g/mol. The fourth-order valence-corrected chi connectivity index (χ4v) is 2.42. The van der Waals surface area contributed by atoms with Crippen molar-refractivity contribution in [2.75, 3.05) is 13.1 Å². The van der Waals surface area contributed by atoms with Crippen LogP contribution in [-0.4, -0.2) is 28.0 Å². The molecule has 16 heavy (non-hydrogen) atoms. The summed E-state index contributed by atoms with van der Waals surface area (Å²) in [6.45, 7) is 1.94. The number of hydrogen-bond donors (Lipinski definition) is 2.